The van der Waals surface area contributed by atoms with Gasteiger partial charge in [-0.05, 0) is 129 Å². The largest absolute Gasteiger partial charge is 0.309 e. The Labute approximate surface area is 313 Å². The highest BCUT2D eigenvalue weighted by molar-refractivity contribution is 6.12. The molecule has 0 fully saturated rings. The number of rotatable bonds is 5. The van der Waals surface area contributed by atoms with E-state index in [-0.39, 0.29) is 0 Å². The van der Waals surface area contributed by atoms with Crippen LogP contribution in [0.1, 0.15) is 0 Å². The van der Waals surface area contributed by atoms with Crippen LogP contribution >= 0.6 is 0 Å². The third-order valence-corrected chi connectivity index (χ3v) is 11.1. The van der Waals surface area contributed by atoms with Crippen LogP contribution in [0.5, 0.6) is 0 Å². The molecule has 0 saturated carbocycles. The Morgan fingerprint density at radius 2 is 0.611 bits per heavy atom. The first-order chi connectivity index (χ1) is 26.8. The molecule has 0 bridgehead atoms. The molecule has 2 heteroatoms. The van der Waals surface area contributed by atoms with Gasteiger partial charge in [-0.25, -0.2) is 0 Å². The third-order valence-electron chi connectivity index (χ3n) is 11.1. The van der Waals surface area contributed by atoms with Gasteiger partial charge in [0, 0.05) is 32.9 Å². The fourth-order valence-electron chi connectivity index (χ4n) is 8.51. The van der Waals surface area contributed by atoms with Gasteiger partial charge < -0.3 is 9.13 Å². The maximum absolute atomic E-state index is 2.39. The fourth-order valence-corrected chi connectivity index (χ4v) is 8.51. The molecule has 2 heterocycles. The number of hydrogen-bond acceptors (Lipinski definition) is 0. The summed E-state index contributed by atoms with van der Waals surface area (Å²) in [5.74, 6) is 0. The van der Waals surface area contributed by atoms with E-state index in [1.807, 2.05) is 0 Å². The molecule has 9 aromatic carbocycles. The van der Waals surface area contributed by atoms with Crippen LogP contribution in [0, 0.1) is 0 Å². The molecule has 2 nitrogen and oxygen atoms in total. The Hall–Kier alpha value is -7.16. The van der Waals surface area contributed by atoms with Crippen molar-refractivity contribution in [1.82, 2.24) is 9.13 Å². The summed E-state index contributed by atoms with van der Waals surface area (Å²) in [5.41, 5.74) is 14.4. The summed E-state index contributed by atoms with van der Waals surface area (Å²) in [6.45, 7) is 0. The van der Waals surface area contributed by atoms with Crippen molar-refractivity contribution in [3.63, 3.8) is 0 Å². The molecule has 0 aliphatic rings. The first kappa shape index (κ1) is 30.5. The van der Waals surface area contributed by atoms with Gasteiger partial charge in [-0.1, -0.05) is 121 Å². The van der Waals surface area contributed by atoms with E-state index in [9.17, 15) is 0 Å². The summed E-state index contributed by atoms with van der Waals surface area (Å²) < 4.78 is 4.76. The lowest BCUT2D eigenvalue weighted by atomic mass is 9.91. The normalized spacial score (nSPS) is 11.7. The van der Waals surface area contributed by atoms with E-state index < -0.39 is 0 Å². The average Bonchev–Trinajstić information content (AvgIpc) is 3.76. The zero-order valence-electron chi connectivity index (χ0n) is 29.5. The van der Waals surface area contributed by atoms with Crippen molar-refractivity contribution >= 4 is 54.4 Å². The van der Waals surface area contributed by atoms with Crippen LogP contribution in [-0.4, -0.2) is 9.13 Å². The minimum atomic E-state index is 1.17. The molecule has 0 N–H and O–H groups in total. The van der Waals surface area contributed by atoms with Gasteiger partial charge in [0.1, 0.15) is 0 Å². The highest BCUT2D eigenvalue weighted by Gasteiger charge is 2.16. The topological polar surface area (TPSA) is 9.86 Å². The second-order valence-electron chi connectivity index (χ2n) is 14.2. The van der Waals surface area contributed by atoms with Gasteiger partial charge in [0.25, 0.3) is 0 Å². The Morgan fingerprint density at radius 1 is 0.222 bits per heavy atom. The van der Waals surface area contributed by atoms with Crippen LogP contribution in [0.15, 0.2) is 206 Å². The van der Waals surface area contributed by atoms with Gasteiger partial charge in [-0.15, -0.1) is 0 Å². The smallest absolute Gasteiger partial charge is 0.0541 e. The van der Waals surface area contributed by atoms with E-state index in [1.54, 1.807) is 0 Å². The molecule has 0 saturated heterocycles. The third kappa shape index (κ3) is 4.88. The van der Waals surface area contributed by atoms with Crippen LogP contribution < -0.4 is 0 Å². The fraction of sp³-hybridized carbons (Fsp3) is 0. The number of para-hydroxylation sites is 4. The minimum Gasteiger partial charge on any atom is -0.309 e. The Balaban J connectivity index is 1.13. The van der Waals surface area contributed by atoms with E-state index in [0.29, 0.717) is 0 Å². The van der Waals surface area contributed by atoms with Crippen molar-refractivity contribution in [2.75, 3.05) is 0 Å². The molecule has 11 aromatic rings. The molecule has 0 spiro atoms. The summed E-state index contributed by atoms with van der Waals surface area (Å²) in [7, 11) is 0. The van der Waals surface area contributed by atoms with Gasteiger partial charge in [-0.2, -0.15) is 0 Å². The summed E-state index contributed by atoms with van der Waals surface area (Å²) in [5, 5.41) is 7.50. The molecule has 0 aliphatic carbocycles. The van der Waals surface area contributed by atoms with Crippen molar-refractivity contribution in [3.8, 4) is 44.8 Å². The lowest BCUT2D eigenvalue weighted by Crippen LogP contribution is -1.93. The SMILES string of the molecule is c1ccc(-n2c3ccccc3c3cc(-c4cc(-c5ccc6ccccc6c5)cc(-c5ccc6c(c5)c5ccccc5n6-c5ccccc5)c4)ccc32)cc1. The molecule has 0 aliphatic heterocycles. The predicted molar refractivity (Wildman–Crippen MR) is 229 cm³/mol. The van der Waals surface area contributed by atoms with Crippen LogP contribution in [0.25, 0.3) is 99.1 Å². The van der Waals surface area contributed by atoms with Crippen LogP contribution in [0.4, 0.5) is 0 Å². The second-order valence-corrected chi connectivity index (χ2v) is 14.2. The van der Waals surface area contributed by atoms with Crippen molar-refractivity contribution in [1.29, 1.82) is 0 Å². The number of aromatic nitrogens is 2. The first-order valence-electron chi connectivity index (χ1n) is 18.6. The zero-order chi connectivity index (χ0) is 35.6. The number of nitrogens with zero attached hydrogens (tertiary/aromatic N) is 2. The van der Waals surface area contributed by atoms with Gasteiger partial charge in [-0.3, -0.25) is 0 Å². The number of hydrogen-bond donors (Lipinski definition) is 0. The average molecular weight is 687 g/mol. The zero-order valence-corrected chi connectivity index (χ0v) is 29.5. The molecule has 0 amide bonds. The molecule has 11 rings (SSSR count). The van der Waals surface area contributed by atoms with E-state index in [0.717, 1.165) is 0 Å². The quantitative estimate of drug-likeness (QED) is 0.171. The van der Waals surface area contributed by atoms with Crippen LogP contribution in [0.2, 0.25) is 0 Å². The van der Waals surface area contributed by atoms with Gasteiger partial charge in [0.15, 0.2) is 0 Å². The molecule has 0 unspecified atom stereocenters. The number of benzene rings is 9. The summed E-state index contributed by atoms with van der Waals surface area (Å²) >= 11 is 0. The first-order valence-corrected chi connectivity index (χ1v) is 18.6. The summed E-state index contributed by atoms with van der Waals surface area (Å²) in [6, 6.07) is 75.4. The van der Waals surface area contributed by atoms with Crippen LogP contribution in [-0.2, 0) is 0 Å². The van der Waals surface area contributed by atoms with Crippen LogP contribution in [0.3, 0.4) is 0 Å². The lowest BCUT2D eigenvalue weighted by molar-refractivity contribution is 1.18. The maximum atomic E-state index is 2.39. The molecule has 0 atom stereocenters. The van der Waals surface area contributed by atoms with Crippen molar-refractivity contribution in [2.24, 2.45) is 0 Å². The maximum Gasteiger partial charge on any atom is 0.0541 e. The van der Waals surface area contributed by atoms with Crippen molar-refractivity contribution in [2.45, 2.75) is 0 Å². The highest BCUT2D eigenvalue weighted by atomic mass is 15.0. The van der Waals surface area contributed by atoms with E-state index in [1.165, 1.54) is 99.1 Å². The minimum absolute atomic E-state index is 1.17. The van der Waals surface area contributed by atoms with Gasteiger partial charge in [0.05, 0.1) is 22.1 Å². The lowest BCUT2D eigenvalue weighted by Gasteiger charge is -2.13. The molecule has 54 heavy (non-hydrogen) atoms. The summed E-state index contributed by atoms with van der Waals surface area (Å²) in [6.07, 6.45) is 0. The molecule has 252 valence electrons. The second kappa shape index (κ2) is 12.2. The number of fused-ring (bicyclic) bond motifs is 7. The molecular weight excluding hydrogens is 653 g/mol. The van der Waals surface area contributed by atoms with Crippen molar-refractivity contribution < 1.29 is 0 Å². The van der Waals surface area contributed by atoms with Gasteiger partial charge in [0.2, 0.25) is 0 Å². The van der Waals surface area contributed by atoms with Crippen molar-refractivity contribution in [3.05, 3.63) is 206 Å². The van der Waals surface area contributed by atoms with E-state index >= 15 is 0 Å². The Bertz CT molecular complexity index is 3030. The molecular formula is C52H34N2. The predicted octanol–water partition coefficient (Wildman–Crippen LogP) is 14.0. The Kier molecular flexibility index (Phi) is 6.90. The molecule has 0 radical (unpaired) electrons. The Morgan fingerprint density at radius 3 is 1.13 bits per heavy atom. The highest BCUT2D eigenvalue weighted by Crippen LogP contribution is 2.40. The van der Waals surface area contributed by atoms with Gasteiger partial charge >= 0.3 is 0 Å². The molecule has 2 aromatic heterocycles. The standard InChI is InChI=1S/C52H34N2/c1-3-15-43(16-4-1)53-49-21-11-9-19-45(49)47-33-38(25-27-51(47)53)41-30-40(37-24-23-35-13-7-8-14-36(35)29-37)31-42(32-41)39-26-28-52-48(34-39)46-20-10-12-22-50(46)54(52)44-17-5-2-6-18-44/h1-34H. The van der Waals surface area contributed by atoms with E-state index in [2.05, 4.69) is 215 Å². The summed E-state index contributed by atoms with van der Waals surface area (Å²) in [4.78, 5) is 0. The monoisotopic (exact) mass is 686 g/mol. The van der Waals surface area contributed by atoms with E-state index in [4.69, 9.17) is 0 Å².